The Kier molecular flexibility index (Phi) is 6.22. The number of fused-ring (bicyclic) bond motifs is 2. The third kappa shape index (κ3) is 3.43. The predicted octanol–water partition coefficient (Wildman–Crippen LogP) is 8.98. The van der Waals surface area contributed by atoms with Crippen LogP contribution >= 0.6 is 0 Å². The minimum atomic E-state index is -0.147. The Balaban J connectivity index is 1.38. The molecule has 212 valence electrons. The molecule has 4 aliphatic carbocycles. The molecule has 5 aliphatic rings. The lowest BCUT2D eigenvalue weighted by molar-refractivity contribution is -0.153. The van der Waals surface area contributed by atoms with Gasteiger partial charge in [-0.05, 0) is 104 Å². The largest absolute Gasteiger partial charge is 0.462 e. The van der Waals surface area contributed by atoms with Gasteiger partial charge in [0.25, 0.3) is 0 Å². The van der Waals surface area contributed by atoms with E-state index in [-0.39, 0.29) is 34.1 Å². The first-order valence-corrected chi connectivity index (χ1v) is 15.8. The lowest BCUT2D eigenvalue weighted by atomic mass is 9.37. The van der Waals surface area contributed by atoms with E-state index in [1.54, 1.807) is 6.92 Å². The fourth-order valence-electron chi connectivity index (χ4n) is 11.6. The molecule has 0 radical (unpaired) electrons. The molecule has 5 fully saturated rings. The molecule has 0 spiro atoms. The van der Waals surface area contributed by atoms with Crippen LogP contribution in [0.1, 0.15) is 140 Å². The first-order chi connectivity index (χ1) is 16.9. The summed E-state index contributed by atoms with van der Waals surface area (Å²) in [5.74, 6) is 2.79. The standard InChI is InChI=1S/C34H58O3/c1-22(12-13-27(28(4,5)6)36-24(3)35)25-15-18-32(11)30(25,9)20-21-33-31(10)17-14-23(2)29(7,8)26(31)16-19-34(32,33)37-33/h22-23,25-27H,12-21H2,1-11H3/t22?,23-,25?,26-,27?,30+,31-,32+,33?,34?/m0/s1. The van der Waals surface area contributed by atoms with Crippen LogP contribution < -0.4 is 0 Å². The average molecular weight is 515 g/mol. The zero-order chi connectivity index (χ0) is 27.4. The van der Waals surface area contributed by atoms with Gasteiger partial charge in [0.1, 0.15) is 17.3 Å². The fraction of sp³-hybridized carbons (Fsp3) is 0.971. The Morgan fingerprint density at radius 1 is 0.892 bits per heavy atom. The average Bonchev–Trinajstić information content (AvgIpc) is 3.42. The zero-order valence-corrected chi connectivity index (χ0v) is 26.2. The molecule has 3 heteroatoms. The fourth-order valence-corrected chi connectivity index (χ4v) is 11.6. The molecular formula is C34H58O3. The molecule has 0 aromatic rings. The predicted molar refractivity (Wildman–Crippen MR) is 151 cm³/mol. The summed E-state index contributed by atoms with van der Waals surface area (Å²) in [5.41, 5.74) is 1.49. The van der Waals surface area contributed by atoms with Gasteiger partial charge in [0, 0.05) is 17.8 Å². The van der Waals surface area contributed by atoms with Crippen LogP contribution in [0.5, 0.6) is 0 Å². The van der Waals surface area contributed by atoms with Gasteiger partial charge < -0.3 is 9.47 Å². The Morgan fingerprint density at radius 3 is 2.19 bits per heavy atom. The number of esters is 1. The summed E-state index contributed by atoms with van der Waals surface area (Å²) in [7, 11) is 0. The molecule has 5 unspecified atom stereocenters. The van der Waals surface area contributed by atoms with Gasteiger partial charge in [-0.3, -0.25) is 4.79 Å². The third-order valence-corrected chi connectivity index (χ3v) is 14.5. The number of hydrogen-bond acceptors (Lipinski definition) is 3. The number of carbonyl (C=O) groups excluding carboxylic acids is 1. The highest BCUT2D eigenvalue weighted by Gasteiger charge is 2.89. The van der Waals surface area contributed by atoms with Crippen molar-refractivity contribution in [1.29, 1.82) is 0 Å². The lowest BCUT2D eigenvalue weighted by Gasteiger charge is -2.64. The molecule has 10 atom stereocenters. The van der Waals surface area contributed by atoms with Gasteiger partial charge in [0.05, 0.1) is 0 Å². The van der Waals surface area contributed by atoms with E-state index in [0.29, 0.717) is 22.2 Å². The van der Waals surface area contributed by atoms with Crippen molar-refractivity contribution in [2.45, 2.75) is 158 Å². The van der Waals surface area contributed by atoms with Crippen molar-refractivity contribution < 1.29 is 14.3 Å². The second-order valence-corrected chi connectivity index (χ2v) is 16.9. The molecule has 1 aliphatic heterocycles. The molecule has 5 rings (SSSR count). The molecule has 37 heavy (non-hydrogen) atoms. The number of ether oxygens (including phenoxy) is 2. The maximum atomic E-state index is 11.8. The van der Waals surface area contributed by atoms with Crippen LogP contribution in [-0.4, -0.2) is 23.3 Å². The van der Waals surface area contributed by atoms with E-state index < -0.39 is 0 Å². The summed E-state index contributed by atoms with van der Waals surface area (Å²) in [5, 5.41) is 0. The molecular weight excluding hydrogens is 456 g/mol. The van der Waals surface area contributed by atoms with Crippen LogP contribution in [-0.2, 0) is 14.3 Å². The smallest absolute Gasteiger partial charge is 0.302 e. The van der Waals surface area contributed by atoms with Crippen molar-refractivity contribution in [3.05, 3.63) is 0 Å². The Bertz CT molecular complexity index is 932. The van der Waals surface area contributed by atoms with Crippen molar-refractivity contribution in [1.82, 2.24) is 0 Å². The van der Waals surface area contributed by atoms with Gasteiger partial charge in [-0.1, -0.05) is 69.2 Å². The highest BCUT2D eigenvalue weighted by Crippen LogP contribution is 2.86. The van der Waals surface area contributed by atoms with E-state index >= 15 is 0 Å². The Labute approximate surface area is 228 Å². The Hall–Kier alpha value is -0.570. The zero-order valence-electron chi connectivity index (χ0n) is 26.2. The molecule has 3 nitrogen and oxygen atoms in total. The maximum absolute atomic E-state index is 11.8. The lowest BCUT2D eigenvalue weighted by Crippen LogP contribution is -2.65. The summed E-state index contributed by atoms with van der Waals surface area (Å²) in [6.07, 6.45) is 12.6. The van der Waals surface area contributed by atoms with Crippen molar-refractivity contribution in [2.75, 3.05) is 0 Å². The van der Waals surface area contributed by atoms with Crippen LogP contribution in [0.3, 0.4) is 0 Å². The SMILES string of the molecule is CC(=O)OC(CCC(C)C1CC[C@@]2(C)C34CC[C@H]5C(C)(C)[C@@H](C)CC[C@]5(C)C3(CC[C@]12C)O4)C(C)(C)C. The van der Waals surface area contributed by atoms with Gasteiger partial charge in [-0.15, -0.1) is 0 Å². The third-order valence-electron chi connectivity index (χ3n) is 14.5. The van der Waals surface area contributed by atoms with Crippen molar-refractivity contribution in [2.24, 2.45) is 50.7 Å². The summed E-state index contributed by atoms with van der Waals surface area (Å²) in [6.45, 7) is 26.2. The molecule has 0 aromatic carbocycles. The van der Waals surface area contributed by atoms with Crippen LogP contribution in [0, 0.1) is 50.7 Å². The van der Waals surface area contributed by atoms with Gasteiger partial charge in [0.15, 0.2) is 0 Å². The van der Waals surface area contributed by atoms with E-state index in [2.05, 4.69) is 69.2 Å². The summed E-state index contributed by atoms with van der Waals surface area (Å²) < 4.78 is 13.2. The second-order valence-electron chi connectivity index (χ2n) is 16.9. The molecule has 0 N–H and O–H groups in total. The van der Waals surface area contributed by atoms with Crippen LogP contribution in [0.4, 0.5) is 0 Å². The molecule has 4 saturated carbocycles. The minimum Gasteiger partial charge on any atom is -0.462 e. The van der Waals surface area contributed by atoms with Crippen molar-refractivity contribution >= 4 is 5.97 Å². The topological polar surface area (TPSA) is 38.8 Å². The number of rotatable bonds is 5. The first-order valence-electron chi connectivity index (χ1n) is 15.8. The molecule has 0 bridgehead atoms. The van der Waals surface area contributed by atoms with E-state index in [4.69, 9.17) is 9.47 Å². The second kappa shape index (κ2) is 8.23. The molecule has 1 saturated heterocycles. The minimum absolute atomic E-state index is 0.00955. The number of epoxide rings is 1. The molecule has 0 amide bonds. The summed E-state index contributed by atoms with van der Waals surface area (Å²) in [6, 6.07) is 0. The van der Waals surface area contributed by atoms with Gasteiger partial charge in [-0.2, -0.15) is 0 Å². The van der Waals surface area contributed by atoms with Gasteiger partial charge >= 0.3 is 5.97 Å². The van der Waals surface area contributed by atoms with Crippen LogP contribution in [0.15, 0.2) is 0 Å². The first kappa shape index (κ1) is 28.0. The van der Waals surface area contributed by atoms with E-state index in [1.807, 2.05) is 0 Å². The van der Waals surface area contributed by atoms with Crippen molar-refractivity contribution in [3.63, 3.8) is 0 Å². The van der Waals surface area contributed by atoms with Gasteiger partial charge in [-0.25, -0.2) is 0 Å². The number of carbonyl (C=O) groups is 1. The van der Waals surface area contributed by atoms with E-state index in [1.165, 1.54) is 51.4 Å². The highest BCUT2D eigenvalue weighted by atomic mass is 16.6. The monoisotopic (exact) mass is 514 g/mol. The Morgan fingerprint density at radius 2 is 1.57 bits per heavy atom. The highest BCUT2D eigenvalue weighted by molar-refractivity contribution is 5.66. The number of hydrogen-bond donors (Lipinski definition) is 0. The summed E-state index contributed by atoms with van der Waals surface area (Å²) in [4.78, 5) is 11.8. The quantitative estimate of drug-likeness (QED) is 0.271. The molecule has 0 aromatic heterocycles. The van der Waals surface area contributed by atoms with Gasteiger partial charge in [0.2, 0.25) is 0 Å². The van der Waals surface area contributed by atoms with E-state index in [0.717, 1.165) is 30.6 Å². The van der Waals surface area contributed by atoms with Crippen molar-refractivity contribution in [3.8, 4) is 0 Å². The van der Waals surface area contributed by atoms with E-state index in [9.17, 15) is 4.79 Å². The summed E-state index contributed by atoms with van der Waals surface area (Å²) >= 11 is 0. The normalized spacial score (nSPS) is 49.6. The van der Waals surface area contributed by atoms with Crippen LogP contribution in [0.2, 0.25) is 0 Å². The maximum Gasteiger partial charge on any atom is 0.302 e. The van der Waals surface area contributed by atoms with Crippen LogP contribution in [0.25, 0.3) is 0 Å². The molecule has 1 heterocycles.